The number of amides is 1. The second kappa shape index (κ2) is 7.79. The van der Waals surface area contributed by atoms with E-state index >= 15 is 0 Å². The normalized spacial score (nSPS) is 11.6. The predicted molar refractivity (Wildman–Crippen MR) is 84.2 cm³/mol. The summed E-state index contributed by atoms with van der Waals surface area (Å²) in [6.45, 7) is 0.844. The Morgan fingerprint density at radius 2 is 2.04 bits per heavy atom. The first-order valence-corrected chi connectivity index (χ1v) is 7.75. The summed E-state index contributed by atoms with van der Waals surface area (Å²) in [5.41, 5.74) is 0.0787. The lowest BCUT2D eigenvalue weighted by Crippen LogP contribution is -2.31. The Balaban J connectivity index is 1.89. The molecule has 0 spiro atoms. The summed E-state index contributed by atoms with van der Waals surface area (Å²) in [6.07, 6.45) is 0. The number of benzene rings is 1. The molecule has 2 aromatic rings. The van der Waals surface area contributed by atoms with E-state index in [1.54, 1.807) is 0 Å². The molecular weight excluding hydrogens is 358 g/mol. The number of hydrogen-bond acceptors (Lipinski definition) is 6. The molecule has 0 fully saturated rings. The largest absolute Gasteiger partial charge is 0.451 e. The van der Waals surface area contributed by atoms with Crippen LogP contribution in [-0.4, -0.2) is 23.4 Å². The minimum absolute atomic E-state index is 0.0165. The molecule has 1 heterocycles. The van der Waals surface area contributed by atoms with Crippen LogP contribution in [0.4, 0.5) is 13.8 Å². The number of carbonyl (C=O) groups is 2. The molecule has 1 atom stereocenters. The smallest absolute Gasteiger partial charge is 0.349 e. The molecular formula is C15H12F2N2O5S. The number of halogens is 2. The SMILES string of the molecule is C[C@H](NC(=O)COC(=O)c1ccc([N+](=O)[O-])s1)c1ccc(F)cc1F. The Hall–Kier alpha value is -2.88. The molecule has 0 aliphatic heterocycles. The third-order valence-corrected chi connectivity index (χ3v) is 4.13. The molecule has 1 amide bonds. The minimum atomic E-state index is -0.881. The Morgan fingerprint density at radius 1 is 1.32 bits per heavy atom. The molecule has 0 saturated heterocycles. The third kappa shape index (κ3) is 4.80. The molecule has 0 aliphatic rings. The summed E-state index contributed by atoms with van der Waals surface area (Å²) in [4.78, 5) is 33.4. The van der Waals surface area contributed by atoms with E-state index < -0.39 is 41.1 Å². The van der Waals surface area contributed by atoms with Crippen LogP contribution in [0.5, 0.6) is 0 Å². The van der Waals surface area contributed by atoms with Gasteiger partial charge in [0.15, 0.2) is 6.61 Å². The highest BCUT2D eigenvalue weighted by molar-refractivity contribution is 7.17. The van der Waals surface area contributed by atoms with Gasteiger partial charge in [-0.1, -0.05) is 17.4 Å². The van der Waals surface area contributed by atoms with Crippen molar-refractivity contribution >= 4 is 28.2 Å². The van der Waals surface area contributed by atoms with E-state index in [1.807, 2.05) is 0 Å². The third-order valence-electron chi connectivity index (χ3n) is 3.11. The molecule has 25 heavy (non-hydrogen) atoms. The van der Waals surface area contributed by atoms with Gasteiger partial charge in [0.2, 0.25) is 0 Å². The van der Waals surface area contributed by atoms with Gasteiger partial charge in [-0.15, -0.1) is 0 Å². The van der Waals surface area contributed by atoms with Crippen molar-refractivity contribution in [2.75, 3.05) is 6.61 Å². The van der Waals surface area contributed by atoms with Crippen molar-refractivity contribution < 1.29 is 28.0 Å². The van der Waals surface area contributed by atoms with Gasteiger partial charge in [-0.2, -0.15) is 0 Å². The van der Waals surface area contributed by atoms with E-state index in [0.29, 0.717) is 17.4 Å². The maximum Gasteiger partial charge on any atom is 0.349 e. The van der Waals surface area contributed by atoms with Crippen molar-refractivity contribution in [2.45, 2.75) is 13.0 Å². The molecule has 10 heteroatoms. The van der Waals surface area contributed by atoms with Gasteiger partial charge in [0.1, 0.15) is 16.5 Å². The predicted octanol–water partition coefficient (Wildman–Crippen LogP) is 2.97. The van der Waals surface area contributed by atoms with Crippen LogP contribution in [0.25, 0.3) is 0 Å². The van der Waals surface area contributed by atoms with Crippen LogP contribution in [0.1, 0.15) is 28.2 Å². The monoisotopic (exact) mass is 370 g/mol. The van der Waals surface area contributed by atoms with Gasteiger partial charge in [-0.25, -0.2) is 13.6 Å². The number of hydrogen-bond donors (Lipinski definition) is 1. The number of esters is 1. The number of carbonyl (C=O) groups excluding carboxylic acids is 2. The lowest BCUT2D eigenvalue weighted by atomic mass is 10.1. The number of nitrogens with zero attached hydrogens (tertiary/aromatic N) is 1. The van der Waals surface area contributed by atoms with Gasteiger partial charge in [-0.3, -0.25) is 14.9 Å². The molecule has 1 aromatic carbocycles. The molecule has 0 unspecified atom stereocenters. The van der Waals surface area contributed by atoms with Gasteiger partial charge in [0.25, 0.3) is 5.91 Å². The van der Waals surface area contributed by atoms with Gasteiger partial charge in [0, 0.05) is 17.7 Å². The molecule has 2 rings (SSSR count). The maximum absolute atomic E-state index is 13.6. The Labute approximate surface area is 144 Å². The highest BCUT2D eigenvalue weighted by Crippen LogP contribution is 2.24. The van der Waals surface area contributed by atoms with Crippen LogP contribution in [0.2, 0.25) is 0 Å². The number of ether oxygens (including phenoxy) is 1. The minimum Gasteiger partial charge on any atom is -0.451 e. The number of thiophene rings is 1. The molecule has 0 saturated carbocycles. The Bertz CT molecular complexity index is 824. The van der Waals surface area contributed by atoms with Gasteiger partial charge in [0.05, 0.1) is 11.0 Å². The second-order valence-electron chi connectivity index (χ2n) is 4.93. The molecule has 0 aliphatic carbocycles. The van der Waals surface area contributed by atoms with Gasteiger partial charge in [-0.05, 0) is 19.1 Å². The average Bonchev–Trinajstić information content (AvgIpc) is 3.02. The second-order valence-corrected chi connectivity index (χ2v) is 5.99. The Kier molecular flexibility index (Phi) is 5.75. The van der Waals surface area contributed by atoms with E-state index in [9.17, 15) is 28.5 Å². The standard InChI is InChI=1S/C15H12F2N2O5S/c1-8(10-3-2-9(16)6-11(10)17)18-13(20)7-24-15(21)12-4-5-14(25-12)19(22)23/h2-6,8H,7H2,1H3,(H,18,20)/t8-/m0/s1. The van der Waals surface area contributed by atoms with Crippen molar-refractivity contribution in [1.82, 2.24) is 5.32 Å². The van der Waals surface area contributed by atoms with Crippen LogP contribution in [0.15, 0.2) is 30.3 Å². The van der Waals surface area contributed by atoms with Crippen LogP contribution >= 0.6 is 11.3 Å². The first-order chi connectivity index (χ1) is 11.8. The lowest BCUT2D eigenvalue weighted by Gasteiger charge is -2.15. The molecule has 1 aromatic heterocycles. The average molecular weight is 370 g/mol. The summed E-state index contributed by atoms with van der Waals surface area (Å²) >= 11 is 0.624. The van der Waals surface area contributed by atoms with Crippen molar-refractivity contribution in [3.63, 3.8) is 0 Å². The van der Waals surface area contributed by atoms with E-state index in [4.69, 9.17) is 4.74 Å². The Morgan fingerprint density at radius 3 is 2.64 bits per heavy atom. The fourth-order valence-electron chi connectivity index (χ4n) is 1.95. The molecule has 1 N–H and O–H groups in total. The highest BCUT2D eigenvalue weighted by atomic mass is 32.1. The molecule has 0 radical (unpaired) electrons. The van der Waals surface area contributed by atoms with E-state index in [0.717, 1.165) is 12.1 Å². The summed E-state index contributed by atoms with van der Waals surface area (Å²) in [5.74, 6) is -3.13. The molecule has 7 nitrogen and oxygen atoms in total. The number of nitrogens with one attached hydrogen (secondary N) is 1. The molecule has 132 valence electrons. The van der Waals surface area contributed by atoms with Crippen LogP contribution in [-0.2, 0) is 9.53 Å². The zero-order valence-corrected chi connectivity index (χ0v) is 13.6. The van der Waals surface area contributed by atoms with Crippen LogP contribution in [0.3, 0.4) is 0 Å². The lowest BCUT2D eigenvalue weighted by molar-refractivity contribution is -0.380. The van der Waals surface area contributed by atoms with Crippen LogP contribution in [0, 0.1) is 21.7 Å². The van der Waals surface area contributed by atoms with Crippen molar-refractivity contribution in [1.29, 1.82) is 0 Å². The number of nitro groups is 1. The van der Waals surface area contributed by atoms with Gasteiger partial charge >= 0.3 is 11.0 Å². The van der Waals surface area contributed by atoms with Crippen molar-refractivity contribution in [3.05, 3.63) is 62.5 Å². The van der Waals surface area contributed by atoms with Crippen molar-refractivity contribution in [2.24, 2.45) is 0 Å². The van der Waals surface area contributed by atoms with E-state index in [-0.39, 0.29) is 15.4 Å². The first kappa shape index (κ1) is 18.5. The zero-order valence-electron chi connectivity index (χ0n) is 12.8. The maximum atomic E-state index is 13.6. The summed E-state index contributed by atoms with van der Waals surface area (Å²) in [7, 11) is 0. The summed E-state index contributed by atoms with van der Waals surface area (Å²) in [5, 5.41) is 12.7. The quantitative estimate of drug-likeness (QED) is 0.479. The first-order valence-electron chi connectivity index (χ1n) is 6.93. The van der Waals surface area contributed by atoms with E-state index in [1.165, 1.54) is 19.1 Å². The molecule has 0 bridgehead atoms. The zero-order chi connectivity index (χ0) is 18.6. The number of rotatable bonds is 6. The summed E-state index contributed by atoms with van der Waals surface area (Å²) < 4.78 is 31.2. The van der Waals surface area contributed by atoms with Gasteiger partial charge < -0.3 is 10.1 Å². The topological polar surface area (TPSA) is 98.5 Å². The van der Waals surface area contributed by atoms with Crippen LogP contribution < -0.4 is 5.32 Å². The summed E-state index contributed by atoms with van der Waals surface area (Å²) in [6, 6.07) is 4.56. The fraction of sp³-hybridized carbons (Fsp3) is 0.200. The van der Waals surface area contributed by atoms with Crippen molar-refractivity contribution in [3.8, 4) is 0 Å². The van der Waals surface area contributed by atoms with E-state index in [2.05, 4.69) is 5.32 Å². The highest BCUT2D eigenvalue weighted by Gasteiger charge is 2.19. The fourth-order valence-corrected chi connectivity index (χ4v) is 2.67.